The normalized spacial score (nSPS) is 13.5. The summed E-state index contributed by atoms with van der Waals surface area (Å²) in [7, 11) is 0. The van der Waals surface area contributed by atoms with Gasteiger partial charge in [0.15, 0.2) is 5.82 Å². The lowest BCUT2D eigenvalue weighted by molar-refractivity contribution is -0.139. The Balaban J connectivity index is 1.38. The van der Waals surface area contributed by atoms with E-state index in [1.54, 1.807) is 24.5 Å². The van der Waals surface area contributed by atoms with Gasteiger partial charge < -0.3 is 10.6 Å². The number of benzene rings is 2. The quantitative estimate of drug-likeness (QED) is 0.330. The van der Waals surface area contributed by atoms with Crippen LogP contribution in [0.4, 0.5) is 0 Å². The predicted octanol–water partition coefficient (Wildman–Crippen LogP) is 3.37. The van der Waals surface area contributed by atoms with Gasteiger partial charge in [-0.15, -0.1) is 0 Å². The molecule has 0 radical (unpaired) electrons. The van der Waals surface area contributed by atoms with Crippen LogP contribution in [-0.4, -0.2) is 44.9 Å². The molecule has 2 amide bonds. The van der Waals surface area contributed by atoms with Gasteiger partial charge in [-0.05, 0) is 42.5 Å². The maximum atomic E-state index is 13.4. The van der Waals surface area contributed by atoms with Crippen molar-refractivity contribution in [2.24, 2.45) is 5.92 Å². The van der Waals surface area contributed by atoms with Crippen LogP contribution in [0, 0.1) is 5.92 Å². The zero-order valence-electron chi connectivity index (χ0n) is 20.2. The topological polar surface area (TPSA) is 106 Å². The lowest BCUT2D eigenvalue weighted by Gasteiger charge is -2.18. The molecule has 186 valence electrons. The van der Waals surface area contributed by atoms with Crippen LogP contribution in [0.3, 0.4) is 0 Å². The highest BCUT2D eigenvalue weighted by Crippen LogP contribution is 2.27. The highest BCUT2D eigenvalue weighted by Gasteiger charge is 2.30. The summed E-state index contributed by atoms with van der Waals surface area (Å²) in [5, 5.41) is 10.1. The summed E-state index contributed by atoms with van der Waals surface area (Å²) in [6.45, 7) is 0.479. The van der Waals surface area contributed by atoms with Crippen LogP contribution < -0.4 is 10.6 Å². The molecule has 0 spiro atoms. The first-order valence-electron chi connectivity index (χ1n) is 12.3. The number of pyridine rings is 1. The van der Waals surface area contributed by atoms with E-state index in [0.717, 1.165) is 29.7 Å². The van der Waals surface area contributed by atoms with Crippen molar-refractivity contribution in [3.05, 3.63) is 102 Å². The lowest BCUT2D eigenvalue weighted by Crippen LogP contribution is -2.49. The largest absolute Gasteiger partial charge is 0.349 e. The molecule has 2 aromatic heterocycles. The minimum atomic E-state index is -1.03. The number of ketones is 1. The van der Waals surface area contributed by atoms with Gasteiger partial charge in [0, 0.05) is 30.9 Å². The fourth-order valence-electron chi connectivity index (χ4n) is 4.06. The van der Waals surface area contributed by atoms with E-state index in [-0.39, 0.29) is 12.0 Å². The molecule has 4 aromatic rings. The van der Waals surface area contributed by atoms with Crippen LogP contribution in [0.15, 0.2) is 91.3 Å². The summed E-state index contributed by atoms with van der Waals surface area (Å²) in [4.78, 5) is 43.5. The van der Waals surface area contributed by atoms with Gasteiger partial charge in [0.05, 0.1) is 11.3 Å². The number of rotatable bonds is 10. The first kappa shape index (κ1) is 24.1. The number of aromatic nitrogens is 3. The second-order valence-corrected chi connectivity index (χ2v) is 9.12. The minimum absolute atomic E-state index is 0.192. The van der Waals surface area contributed by atoms with Crippen molar-refractivity contribution in [1.82, 2.24) is 25.4 Å². The summed E-state index contributed by atoms with van der Waals surface area (Å²) >= 11 is 0. The van der Waals surface area contributed by atoms with Crippen molar-refractivity contribution in [3.8, 4) is 17.1 Å². The van der Waals surface area contributed by atoms with E-state index >= 15 is 0 Å². The Morgan fingerprint density at radius 1 is 0.919 bits per heavy atom. The van der Waals surface area contributed by atoms with Crippen molar-refractivity contribution >= 4 is 17.6 Å². The summed E-state index contributed by atoms with van der Waals surface area (Å²) in [6, 6.07) is 23.1. The van der Waals surface area contributed by atoms with E-state index in [0.29, 0.717) is 18.3 Å². The summed E-state index contributed by atoms with van der Waals surface area (Å²) in [5.74, 6) is -1.10. The van der Waals surface area contributed by atoms with Gasteiger partial charge in [-0.1, -0.05) is 60.7 Å². The van der Waals surface area contributed by atoms with Crippen molar-refractivity contribution in [2.45, 2.75) is 25.3 Å². The number of hydrogen-bond donors (Lipinski definition) is 2. The number of hydrogen-bond acceptors (Lipinski definition) is 5. The Morgan fingerprint density at radius 2 is 1.65 bits per heavy atom. The van der Waals surface area contributed by atoms with E-state index in [1.807, 2.05) is 66.7 Å². The van der Waals surface area contributed by atoms with Crippen molar-refractivity contribution in [2.75, 3.05) is 6.54 Å². The van der Waals surface area contributed by atoms with Gasteiger partial charge in [0.1, 0.15) is 6.04 Å². The zero-order chi connectivity index (χ0) is 25.6. The van der Waals surface area contributed by atoms with Gasteiger partial charge >= 0.3 is 0 Å². The van der Waals surface area contributed by atoms with Crippen LogP contribution in [0.2, 0.25) is 0 Å². The van der Waals surface area contributed by atoms with E-state index in [2.05, 4.69) is 20.7 Å². The first-order chi connectivity index (χ1) is 18.1. The second-order valence-electron chi connectivity index (χ2n) is 9.12. The van der Waals surface area contributed by atoms with Gasteiger partial charge in [0.2, 0.25) is 5.78 Å². The molecule has 2 aromatic carbocycles. The Morgan fingerprint density at radius 3 is 2.38 bits per heavy atom. The highest BCUT2D eigenvalue weighted by atomic mass is 16.2. The lowest BCUT2D eigenvalue weighted by atomic mass is 10.0. The van der Waals surface area contributed by atoms with Gasteiger partial charge in [-0.3, -0.25) is 14.4 Å². The molecule has 37 heavy (non-hydrogen) atoms. The Bertz CT molecular complexity index is 1400. The fraction of sp³-hybridized carbons (Fsp3) is 0.207. The minimum Gasteiger partial charge on any atom is -0.349 e. The third-order valence-corrected chi connectivity index (χ3v) is 6.28. The molecule has 2 heterocycles. The highest BCUT2D eigenvalue weighted by molar-refractivity contribution is 6.38. The Hall–Kier alpha value is -4.59. The molecule has 0 aliphatic heterocycles. The first-order valence-corrected chi connectivity index (χ1v) is 12.3. The Labute approximate surface area is 214 Å². The van der Waals surface area contributed by atoms with Crippen LogP contribution >= 0.6 is 0 Å². The number of Topliss-reactive ketones (excluding diaryl/α,β-unsaturated/α-hetero) is 1. The maximum absolute atomic E-state index is 13.4. The summed E-state index contributed by atoms with van der Waals surface area (Å²) < 4.78 is 1.54. The van der Waals surface area contributed by atoms with Crippen molar-refractivity contribution in [1.29, 1.82) is 0 Å². The number of amides is 2. The molecule has 0 unspecified atom stereocenters. The maximum Gasteiger partial charge on any atom is 0.289 e. The molecule has 8 heteroatoms. The summed E-state index contributed by atoms with van der Waals surface area (Å²) in [6.07, 6.45) is 5.62. The van der Waals surface area contributed by atoms with E-state index in [4.69, 9.17) is 0 Å². The Kier molecular flexibility index (Phi) is 7.16. The average Bonchev–Trinajstić information content (AvgIpc) is 3.65. The third kappa shape index (κ3) is 5.98. The van der Waals surface area contributed by atoms with E-state index < -0.39 is 23.6 Å². The molecule has 1 aliphatic rings. The van der Waals surface area contributed by atoms with Crippen molar-refractivity contribution < 1.29 is 14.4 Å². The molecule has 5 rings (SSSR count). The number of carbonyl (C=O) groups excluding carboxylic acids is 3. The summed E-state index contributed by atoms with van der Waals surface area (Å²) in [5.41, 5.74) is 2.76. The molecule has 1 aliphatic carbocycles. The molecule has 1 saturated carbocycles. The number of carbonyl (C=O) groups is 3. The van der Waals surface area contributed by atoms with E-state index in [1.165, 1.54) is 4.68 Å². The zero-order valence-corrected chi connectivity index (χ0v) is 20.2. The number of nitrogens with zero attached hydrogens (tertiary/aromatic N) is 3. The van der Waals surface area contributed by atoms with Crippen LogP contribution in [0.5, 0.6) is 0 Å². The molecule has 0 saturated heterocycles. The predicted molar refractivity (Wildman–Crippen MR) is 139 cm³/mol. The smallest absolute Gasteiger partial charge is 0.289 e. The molecule has 8 nitrogen and oxygen atoms in total. The number of nitrogens with one attached hydrogen (secondary N) is 2. The van der Waals surface area contributed by atoms with E-state index in [9.17, 15) is 14.4 Å². The van der Waals surface area contributed by atoms with Gasteiger partial charge in [0.25, 0.3) is 11.8 Å². The molecule has 1 fully saturated rings. The SMILES string of the molecule is O=C(NCC1CC1)C(=O)[C@@H](Cc1ccccc1)NC(=O)c1cccnc1-n1ccc(-c2ccccc2)n1. The average molecular weight is 494 g/mol. The van der Waals surface area contributed by atoms with Gasteiger partial charge in [-0.25, -0.2) is 9.67 Å². The van der Waals surface area contributed by atoms with Crippen LogP contribution in [-0.2, 0) is 16.0 Å². The fourth-order valence-corrected chi connectivity index (χ4v) is 4.06. The second kappa shape index (κ2) is 11.0. The molecule has 2 N–H and O–H groups in total. The molecular weight excluding hydrogens is 466 g/mol. The van der Waals surface area contributed by atoms with Crippen LogP contribution in [0.25, 0.3) is 17.1 Å². The third-order valence-electron chi connectivity index (χ3n) is 6.28. The molecule has 0 bridgehead atoms. The van der Waals surface area contributed by atoms with Crippen LogP contribution in [0.1, 0.15) is 28.8 Å². The standard InChI is InChI=1S/C29H27N5O3/c35-26(29(37)31-19-21-13-14-21)25(18-20-8-3-1-4-9-20)32-28(36)23-12-7-16-30-27(23)34-17-15-24(33-34)22-10-5-2-6-11-22/h1-12,15-17,21,25H,13-14,18-19H2,(H,31,37)(H,32,36)/t25-/m1/s1. The van der Waals surface area contributed by atoms with Gasteiger partial charge in [-0.2, -0.15) is 5.10 Å². The van der Waals surface area contributed by atoms with Crippen molar-refractivity contribution in [3.63, 3.8) is 0 Å². The molecule has 1 atom stereocenters. The molecular formula is C29H27N5O3. The monoisotopic (exact) mass is 493 g/mol.